The Balaban J connectivity index is 1.81. The molecule has 1 N–H and O–H groups in total. The van der Waals surface area contributed by atoms with E-state index in [0.717, 1.165) is 6.07 Å². The van der Waals surface area contributed by atoms with E-state index in [9.17, 15) is 22.8 Å². The highest BCUT2D eigenvalue weighted by Crippen LogP contribution is 2.37. The van der Waals surface area contributed by atoms with Crippen molar-refractivity contribution in [3.63, 3.8) is 0 Å². The standard InChI is InChI=1S/C25H28F3N5O3/c1-14(16-6-5-7-17(20(16)26)21(27)28)31-22-18-12-19(24(35)32(3)23(18)30-13-29-22)25(36-4)8-10-33(11-9-25)15(2)34/h5-7,12-14,21H,8-11H2,1-4H3,(H,29,30,31)/t14-/m0/s1/i14D. The second-order valence-electron chi connectivity index (χ2n) is 8.85. The lowest BCUT2D eigenvalue weighted by Gasteiger charge is -2.40. The second kappa shape index (κ2) is 9.88. The molecule has 2 aromatic heterocycles. The molecule has 1 saturated heterocycles. The van der Waals surface area contributed by atoms with Crippen LogP contribution < -0.4 is 10.9 Å². The highest BCUT2D eigenvalue weighted by molar-refractivity contribution is 5.87. The van der Waals surface area contributed by atoms with Gasteiger partial charge in [-0.25, -0.2) is 23.1 Å². The number of likely N-dealkylation sites (tertiary alicyclic amines) is 1. The summed E-state index contributed by atoms with van der Waals surface area (Å²) >= 11 is 0. The summed E-state index contributed by atoms with van der Waals surface area (Å²) in [5.41, 5.74) is -1.79. The molecule has 192 valence electrons. The Hall–Kier alpha value is -3.47. The number of rotatable bonds is 6. The summed E-state index contributed by atoms with van der Waals surface area (Å²) in [6.45, 7) is 3.63. The van der Waals surface area contributed by atoms with Crippen molar-refractivity contribution in [2.75, 3.05) is 25.5 Å². The number of piperidine rings is 1. The molecular formula is C25H28F3N5O3. The molecule has 11 heteroatoms. The molecule has 4 rings (SSSR count). The van der Waals surface area contributed by atoms with Crippen molar-refractivity contribution < 1.29 is 24.1 Å². The van der Waals surface area contributed by atoms with Crippen LogP contribution in [0.25, 0.3) is 11.0 Å². The van der Waals surface area contributed by atoms with Gasteiger partial charge < -0.3 is 15.0 Å². The topological polar surface area (TPSA) is 89.4 Å². The van der Waals surface area contributed by atoms with Crippen LogP contribution in [0.1, 0.15) is 57.2 Å². The number of carbonyl (C=O) groups is 1. The van der Waals surface area contributed by atoms with E-state index in [0.29, 0.717) is 36.9 Å². The molecule has 0 unspecified atom stereocenters. The minimum atomic E-state index is -3.03. The van der Waals surface area contributed by atoms with Crippen LogP contribution >= 0.6 is 0 Å². The average molecular weight is 505 g/mol. The average Bonchev–Trinajstić information content (AvgIpc) is 2.86. The SMILES string of the molecule is [2H][C@@](C)(Nc1ncnc2c1cc(C1(OC)CCN(C(C)=O)CC1)c(=O)n2C)c1cccc(C(F)F)c1F. The summed E-state index contributed by atoms with van der Waals surface area (Å²) in [5.74, 6) is -1.12. The predicted molar refractivity (Wildman–Crippen MR) is 128 cm³/mol. The normalized spacial score (nSPS) is 17.7. The van der Waals surface area contributed by atoms with Gasteiger partial charge in [0.05, 0.1) is 23.9 Å². The van der Waals surface area contributed by atoms with Gasteiger partial charge in [-0.05, 0) is 25.8 Å². The van der Waals surface area contributed by atoms with E-state index in [2.05, 4.69) is 15.3 Å². The van der Waals surface area contributed by atoms with E-state index in [-0.39, 0.29) is 28.5 Å². The molecule has 0 radical (unpaired) electrons. The maximum atomic E-state index is 14.9. The molecule has 8 nitrogen and oxygen atoms in total. The van der Waals surface area contributed by atoms with E-state index in [1.807, 2.05) is 0 Å². The number of methoxy groups -OCH3 is 1. The van der Waals surface area contributed by atoms with Crippen molar-refractivity contribution >= 4 is 22.8 Å². The molecule has 0 saturated carbocycles. The molecule has 1 aromatic carbocycles. The first-order valence-electron chi connectivity index (χ1n) is 11.9. The van der Waals surface area contributed by atoms with Crippen LogP contribution in [-0.4, -0.2) is 45.5 Å². The van der Waals surface area contributed by atoms with Crippen LogP contribution in [0.5, 0.6) is 0 Å². The van der Waals surface area contributed by atoms with E-state index >= 15 is 0 Å². The number of nitrogens with zero attached hydrogens (tertiary/aromatic N) is 4. The third kappa shape index (κ3) is 4.43. The molecule has 1 aliphatic rings. The zero-order chi connectivity index (χ0) is 27.1. The second-order valence-corrected chi connectivity index (χ2v) is 8.85. The predicted octanol–water partition coefficient (Wildman–Crippen LogP) is 4.06. The number of aryl methyl sites for hydroxylation is 1. The van der Waals surface area contributed by atoms with Crippen LogP contribution in [0.3, 0.4) is 0 Å². The van der Waals surface area contributed by atoms with E-state index < -0.39 is 29.4 Å². The van der Waals surface area contributed by atoms with Crippen molar-refractivity contribution in [1.29, 1.82) is 0 Å². The lowest BCUT2D eigenvalue weighted by Crippen LogP contribution is -2.48. The van der Waals surface area contributed by atoms with E-state index in [1.54, 1.807) is 18.0 Å². The molecule has 36 heavy (non-hydrogen) atoms. The Morgan fingerprint density at radius 3 is 2.53 bits per heavy atom. The van der Waals surface area contributed by atoms with E-state index in [1.165, 1.54) is 44.0 Å². The Morgan fingerprint density at radius 1 is 1.25 bits per heavy atom. The molecule has 1 aliphatic heterocycles. The zero-order valence-corrected chi connectivity index (χ0v) is 20.4. The number of halogens is 3. The van der Waals surface area contributed by atoms with Crippen molar-refractivity contribution in [2.45, 2.75) is 44.7 Å². The molecule has 3 heterocycles. The van der Waals surface area contributed by atoms with Gasteiger partial charge in [0.1, 0.15) is 29.2 Å². The van der Waals surface area contributed by atoms with Crippen molar-refractivity contribution in [2.24, 2.45) is 7.05 Å². The minimum absolute atomic E-state index is 0.0612. The molecule has 0 aliphatic carbocycles. The molecule has 1 amide bonds. The summed E-state index contributed by atoms with van der Waals surface area (Å²) < 4.78 is 57.4. The zero-order valence-electron chi connectivity index (χ0n) is 21.4. The molecule has 1 fully saturated rings. The maximum Gasteiger partial charge on any atom is 0.266 e. The third-order valence-electron chi connectivity index (χ3n) is 6.88. The Labute approximate surface area is 207 Å². The lowest BCUT2D eigenvalue weighted by molar-refractivity contribution is -0.135. The third-order valence-corrected chi connectivity index (χ3v) is 6.88. The van der Waals surface area contributed by atoms with Crippen molar-refractivity contribution in [3.8, 4) is 0 Å². The van der Waals surface area contributed by atoms with Gasteiger partial charge in [0, 0.05) is 39.7 Å². The van der Waals surface area contributed by atoms with Gasteiger partial charge in [-0.1, -0.05) is 18.2 Å². The van der Waals surface area contributed by atoms with Gasteiger partial charge in [-0.3, -0.25) is 14.2 Å². The number of hydrogen-bond donors (Lipinski definition) is 1. The number of aromatic nitrogens is 3. The summed E-state index contributed by atoms with van der Waals surface area (Å²) in [6.07, 6.45) is -1.06. The molecule has 0 spiro atoms. The Kier molecular flexibility index (Phi) is 6.65. The Bertz CT molecular complexity index is 1400. The van der Waals surface area contributed by atoms with Crippen molar-refractivity contribution in [3.05, 3.63) is 63.5 Å². The largest absolute Gasteiger partial charge is 0.373 e. The fourth-order valence-corrected chi connectivity index (χ4v) is 4.71. The monoisotopic (exact) mass is 504 g/mol. The molecule has 1 atom stereocenters. The first kappa shape index (κ1) is 24.2. The minimum Gasteiger partial charge on any atom is -0.373 e. The number of fused-ring (bicyclic) bond motifs is 1. The summed E-state index contributed by atoms with van der Waals surface area (Å²) in [6, 6.07) is 3.20. The van der Waals surface area contributed by atoms with Crippen LogP contribution in [-0.2, 0) is 22.2 Å². The highest BCUT2D eigenvalue weighted by atomic mass is 19.3. The molecular weight excluding hydrogens is 475 g/mol. The number of nitrogens with one attached hydrogen (secondary N) is 1. The van der Waals surface area contributed by atoms with Gasteiger partial charge in [0.15, 0.2) is 0 Å². The van der Waals surface area contributed by atoms with E-state index in [4.69, 9.17) is 6.11 Å². The van der Waals surface area contributed by atoms with Crippen LogP contribution in [0, 0.1) is 5.82 Å². The first-order chi connectivity index (χ1) is 17.4. The molecule has 3 aromatic rings. The molecule has 0 bridgehead atoms. The number of alkyl halides is 2. The smallest absolute Gasteiger partial charge is 0.266 e. The number of ether oxygens (including phenoxy) is 1. The number of pyridine rings is 1. The number of anilines is 1. The van der Waals surface area contributed by atoms with Gasteiger partial charge in [-0.15, -0.1) is 0 Å². The van der Waals surface area contributed by atoms with Crippen LogP contribution in [0.2, 0.25) is 0 Å². The summed E-state index contributed by atoms with van der Waals surface area (Å²) in [7, 11) is 3.05. The maximum absolute atomic E-state index is 14.9. The quantitative estimate of drug-likeness (QED) is 0.545. The van der Waals surface area contributed by atoms with Crippen molar-refractivity contribution in [1.82, 2.24) is 19.4 Å². The Morgan fingerprint density at radius 2 is 1.92 bits per heavy atom. The number of amides is 1. The van der Waals surface area contributed by atoms with Gasteiger partial charge in [0.2, 0.25) is 5.91 Å². The van der Waals surface area contributed by atoms with Gasteiger partial charge >= 0.3 is 0 Å². The fraction of sp³-hybridized carbons (Fsp3) is 0.440. The number of hydrogen-bond acceptors (Lipinski definition) is 6. The highest BCUT2D eigenvalue weighted by Gasteiger charge is 2.40. The number of carbonyl (C=O) groups excluding carboxylic acids is 1. The fourth-order valence-electron chi connectivity index (χ4n) is 4.71. The van der Waals surface area contributed by atoms with Gasteiger partial charge in [-0.2, -0.15) is 0 Å². The van der Waals surface area contributed by atoms with Crippen LogP contribution in [0.4, 0.5) is 19.0 Å². The van der Waals surface area contributed by atoms with Crippen LogP contribution in [0.15, 0.2) is 35.4 Å². The summed E-state index contributed by atoms with van der Waals surface area (Å²) in [4.78, 5) is 35.3. The lowest BCUT2D eigenvalue weighted by atomic mass is 9.84. The summed E-state index contributed by atoms with van der Waals surface area (Å²) in [5, 5.41) is 3.20. The first-order valence-corrected chi connectivity index (χ1v) is 11.4. The number of benzene rings is 1. The van der Waals surface area contributed by atoms with Gasteiger partial charge in [0.25, 0.3) is 12.0 Å².